The van der Waals surface area contributed by atoms with E-state index in [9.17, 15) is 4.79 Å². The third-order valence-electron chi connectivity index (χ3n) is 2.88. The molecule has 19 heavy (non-hydrogen) atoms. The van der Waals surface area contributed by atoms with E-state index in [1.807, 2.05) is 48.1 Å². The molecular weight excluding hydrogens is 306 g/mol. The summed E-state index contributed by atoms with van der Waals surface area (Å²) in [6.45, 7) is 0. The fourth-order valence-electron chi connectivity index (χ4n) is 1.92. The lowest BCUT2D eigenvalue weighted by atomic mass is 10.1. The fourth-order valence-corrected chi connectivity index (χ4v) is 2.28. The summed E-state index contributed by atoms with van der Waals surface area (Å²) in [4.78, 5) is 16.2. The Hall–Kier alpha value is -1.62. The molecule has 1 heterocycles. The van der Waals surface area contributed by atoms with Gasteiger partial charge in [-0.25, -0.2) is 4.98 Å². The van der Waals surface area contributed by atoms with Crippen LogP contribution >= 0.6 is 15.9 Å². The lowest BCUT2D eigenvalue weighted by Gasteiger charge is -2.19. The highest BCUT2D eigenvalue weighted by molar-refractivity contribution is 9.09. The predicted molar refractivity (Wildman–Crippen MR) is 78.0 cm³/mol. The third kappa shape index (κ3) is 3.44. The van der Waals surface area contributed by atoms with Gasteiger partial charge in [0, 0.05) is 31.2 Å². The van der Waals surface area contributed by atoms with Gasteiger partial charge in [-0.05, 0) is 5.56 Å². The number of carbonyl (C=O) groups is 1. The van der Waals surface area contributed by atoms with Crippen LogP contribution in [-0.2, 0) is 11.8 Å². The number of aryl methyl sites for hydroxylation is 1. The molecule has 0 aliphatic heterocycles. The average Bonchev–Trinajstić information content (AvgIpc) is 2.83. The summed E-state index contributed by atoms with van der Waals surface area (Å²) in [5, 5.41) is 3.68. The SMILES string of the molecule is Cn1ccnc1C(NC(=O)CCBr)c1ccccc1. The number of hydrogen-bond donors (Lipinski definition) is 1. The zero-order chi connectivity index (χ0) is 13.7. The van der Waals surface area contributed by atoms with Crippen LogP contribution in [0.5, 0.6) is 0 Å². The van der Waals surface area contributed by atoms with Crippen molar-refractivity contribution in [2.45, 2.75) is 12.5 Å². The summed E-state index contributed by atoms with van der Waals surface area (Å²) < 4.78 is 1.92. The van der Waals surface area contributed by atoms with Crippen molar-refractivity contribution in [3.63, 3.8) is 0 Å². The first-order chi connectivity index (χ1) is 9.22. The molecule has 1 aromatic heterocycles. The maximum absolute atomic E-state index is 11.9. The quantitative estimate of drug-likeness (QED) is 0.860. The smallest absolute Gasteiger partial charge is 0.221 e. The number of aromatic nitrogens is 2. The van der Waals surface area contributed by atoms with Crippen molar-refractivity contribution in [1.82, 2.24) is 14.9 Å². The van der Waals surface area contributed by atoms with E-state index >= 15 is 0 Å². The Labute approximate surface area is 121 Å². The molecular formula is C14H16BrN3O. The van der Waals surface area contributed by atoms with Crippen LogP contribution in [0.4, 0.5) is 0 Å². The van der Waals surface area contributed by atoms with Gasteiger partial charge in [-0.15, -0.1) is 0 Å². The summed E-state index contributed by atoms with van der Waals surface area (Å²) in [5.74, 6) is 0.836. The number of amides is 1. The molecule has 100 valence electrons. The molecule has 0 radical (unpaired) electrons. The number of rotatable bonds is 5. The van der Waals surface area contributed by atoms with E-state index in [0.29, 0.717) is 11.8 Å². The first kappa shape index (κ1) is 13.8. The molecule has 2 aromatic rings. The topological polar surface area (TPSA) is 46.9 Å². The van der Waals surface area contributed by atoms with Crippen molar-refractivity contribution in [3.8, 4) is 0 Å². The second kappa shape index (κ2) is 6.52. The van der Waals surface area contributed by atoms with E-state index in [1.54, 1.807) is 6.20 Å². The largest absolute Gasteiger partial charge is 0.342 e. The second-order valence-corrected chi connectivity index (χ2v) is 5.04. The summed E-state index contributed by atoms with van der Waals surface area (Å²) >= 11 is 3.28. The molecule has 4 nitrogen and oxygen atoms in total. The minimum absolute atomic E-state index is 0.00808. The molecule has 0 aliphatic carbocycles. The summed E-state index contributed by atoms with van der Waals surface area (Å²) in [6, 6.07) is 9.65. The molecule has 1 amide bonds. The normalized spacial score (nSPS) is 12.1. The number of carbonyl (C=O) groups excluding carboxylic acids is 1. The average molecular weight is 322 g/mol. The molecule has 0 aliphatic rings. The number of benzene rings is 1. The van der Waals surface area contributed by atoms with Crippen molar-refractivity contribution in [1.29, 1.82) is 0 Å². The van der Waals surface area contributed by atoms with E-state index in [-0.39, 0.29) is 11.9 Å². The third-order valence-corrected chi connectivity index (χ3v) is 3.27. The molecule has 1 N–H and O–H groups in total. The van der Waals surface area contributed by atoms with Crippen LogP contribution in [0, 0.1) is 0 Å². The summed E-state index contributed by atoms with van der Waals surface area (Å²) in [6.07, 6.45) is 4.07. The van der Waals surface area contributed by atoms with Gasteiger partial charge in [0.15, 0.2) is 0 Å². The lowest BCUT2D eigenvalue weighted by Crippen LogP contribution is -2.31. The van der Waals surface area contributed by atoms with Crippen LogP contribution in [0.1, 0.15) is 23.9 Å². The van der Waals surface area contributed by atoms with Crippen LogP contribution in [-0.4, -0.2) is 20.8 Å². The van der Waals surface area contributed by atoms with Crippen LogP contribution in [0.15, 0.2) is 42.7 Å². The molecule has 1 aromatic carbocycles. The van der Waals surface area contributed by atoms with Gasteiger partial charge >= 0.3 is 0 Å². The number of imidazole rings is 1. The molecule has 0 bridgehead atoms. The molecule has 0 fully saturated rings. The maximum Gasteiger partial charge on any atom is 0.221 e. The lowest BCUT2D eigenvalue weighted by molar-refractivity contribution is -0.121. The first-order valence-electron chi connectivity index (χ1n) is 6.10. The van der Waals surface area contributed by atoms with Gasteiger partial charge in [-0.1, -0.05) is 46.3 Å². The van der Waals surface area contributed by atoms with E-state index in [4.69, 9.17) is 0 Å². The van der Waals surface area contributed by atoms with E-state index in [0.717, 1.165) is 11.4 Å². The highest BCUT2D eigenvalue weighted by Crippen LogP contribution is 2.20. The zero-order valence-electron chi connectivity index (χ0n) is 10.7. The maximum atomic E-state index is 11.9. The van der Waals surface area contributed by atoms with Crippen molar-refractivity contribution >= 4 is 21.8 Å². The van der Waals surface area contributed by atoms with Gasteiger partial charge in [0.25, 0.3) is 0 Å². The van der Waals surface area contributed by atoms with Crippen molar-refractivity contribution < 1.29 is 4.79 Å². The van der Waals surface area contributed by atoms with Gasteiger partial charge in [-0.3, -0.25) is 4.79 Å². The van der Waals surface area contributed by atoms with Crippen LogP contribution < -0.4 is 5.32 Å². The minimum Gasteiger partial charge on any atom is -0.342 e. The Bertz CT molecular complexity index is 539. The number of hydrogen-bond acceptors (Lipinski definition) is 2. The Balaban J connectivity index is 2.29. The summed E-state index contributed by atoms with van der Waals surface area (Å²) in [5.41, 5.74) is 1.03. The Morgan fingerprint density at radius 2 is 2.16 bits per heavy atom. The monoisotopic (exact) mass is 321 g/mol. The molecule has 0 saturated carbocycles. The molecule has 1 atom stereocenters. The highest BCUT2D eigenvalue weighted by atomic mass is 79.9. The number of nitrogens with zero attached hydrogens (tertiary/aromatic N) is 2. The first-order valence-corrected chi connectivity index (χ1v) is 7.22. The van der Waals surface area contributed by atoms with Crippen molar-refractivity contribution in [2.24, 2.45) is 7.05 Å². The number of alkyl halides is 1. The van der Waals surface area contributed by atoms with E-state index < -0.39 is 0 Å². The molecule has 1 unspecified atom stereocenters. The van der Waals surface area contributed by atoms with Gasteiger partial charge < -0.3 is 9.88 Å². The van der Waals surface area contributed by atoms with Gasteiger partial charge in [0.1, 0.15) is 11.9 Å². The van der Waals surface area contributed by atoms with Crippen LogP contribution in [0.25, 0.3) is 0 Å². The van der Waals surface area contributed by atoms with E-state index in [2.05, 4.69) is 26.2 Å². The van der Waals surface area contributed by atoms with E-state index in [1.165, 1.54) is 0 Å². The molecule has 0 spiro atoms. The Kier molecular flexibility index (Phi) is 4.74. The standard InChI is InChI=1S/C14H16BrN3O/c1-18-10-9-16-14(18)13(17-12(19)7-8-15)11-5-3-2-4-6-11/h2-6,9-10,13H,7-8H2,1H3,(H,17,19). The van der Waals surface area contributed by atoms with Gasteiger partial charge in [0.2, 0.25) is 5.91 Å². The molecule has 0 saturated heterocycles. The van der Waals surface area contributed by atoms with Crippen LogP contribution in [0.2, 0.25) is 0 Å². The van der Waals surface area contributed by atoms with Crippen molar-refractivity contribution in [2.75, 3.05) is 5.33 Å². The Morgan fingerprint density at radius 1 is 1.42 bits per heavy atom. The molecule has 5 heteroatoms. The fraction of sp³-hybridized carbons (Fsp3) is 0.286. The van der Waals surface area contributed by atoms with Gasteiger partial charge in [0.05, 0.1) is 0 Å². The van der Waals surface area contributed by atoms with Crippen molar-refractivity contribution in [3.05, 3.63) is 54.1 Å². The number of nitrogens with one attached hydrogen (secondary N) is 1. The summed E-state index contributed by atoms with van der Waals surface area (Å²) in [7, 11) is 1.93. The zero-order valence-corrected chi connectivity index (χ0v) is 12.3. The second-order valence-electron chi connectivity index (χ2n) is 4.25. The Morgan fingerprint density at radius 3 is 2.74 bits per heavy atom. The van der Waals surface area contributed by atoms with Gasteiger partial charge in [-0.2, -0.15) is 0 Å². The van der Waals surface area contributed by atoms with Crippen LogP contribution in [0.3, 0.4) is 0 Å². The predicted octanol–water partition coefficient (Wildman–Crippen LogP) is 2.41. The molecule has 2 rings (SSSR count). The highest BCUT2D eigenvalue weighted by Gasteiger charge is 2.19. The minimum atomic E-state index is -0.215. The number of halogens is 1.